The van der Waals surface area contributed by atoms with Crippen LogP contribution < -0.4 is 5.32 Å². The Morgan fingerprint density at radius 2 is 2.00 bits per heavy atom. The van der Waals surface area contributed by atoms with Crippen molar-refractivity contribution in [3.8, 4) is 0 Å². The average molecular weight is 275 g/mol. The SMILES string of the molecule is CCOC(=O)C1CCCCC1NC(C)c1ccccc1. The molecule has 0 saturated heterocycles. The van der Waals surface area contributed by atoms with Gasteiger partial charge >= 0.3 is 5.97 Å². The lowest BCUT2D eigenvalue weighted by molar-refractivity contribution is -0.150. The van der Waals surface area contributed by atoms with Crippen LogP contribution >= 0.6 is 0 Å². The molecule has 0 radical (unpaired) electrons. The maximum Gasteiger partial charge on any atom is 0.310 e. The van der Waals surface area contributed by atoms with Crippen LogP contribution in [0.15, 0.2) is 30.3 Å². The smallest absolute Gasteiger partial charge is 0.310 e. The van der Waals surface area contributed by atoms with Crippen molar-refractivity contribution in [2.75, 3.05) is 6.61 Å². The summed E-state index contributed by atoms with van der Waals surface area (Å²) in [6, 6.07) is 10.9. The van der Waals surface area contributed by atoms with Crippen molar-refractivity contribution < 1.29 is 9.53 Å². The molecule has 1 aromatic rings. The molecule has 1 saturated carbocycles. The molecule has 1 N–H and O–H groups in total. The van der Waals surface area contributed by atoms with Gasteiger partial charge in [-0.2, -0.15) is 0 Å². The minimum atomic E-state index is -0.0371. The topological polar surface area (TPSA) is 38.3 Å². The van der Waals surface area contributed by atoms with Gasteiger partial charge in [0.15, 0.2) is 0 Å². The molecule has 2 rings (SSSR count). The Bertz CT molecular complexity index is 418. The molecule has 0 aromatic heterocycles. The highest BCUT2D eigenvalue weighted by Gasteiger charge is 2.32. The lowest BCUT2D eigenvalue weighted by atomic mass is 9.84. The van der Waals surface area contributed by atoms with Crippen molar-refractivity contribution in [2.45, 2.75) is 51.6 Å². The first-order chi connectivity index (χ1) is 9.72. The lowest BCUT2D eigenvalue weighted by Crippen LogP contribution is -2.43. The number of hydrogen-bond donors (Lipinski definition) is 1. The molecule has 110 valence electrons. The van der Waals surface area contributed by atoms with Crippen LogP contribution in [0.3, 0.4) is 0 Å². The molecule has 3 unspecified atom stereocenters. The number of benzene rings is 1. The van der Waals surface area contributed by atoms with Crippen LogP contribution in [-0.2, 0) is 9.53 Å². The predicted octanol–water partition coefficient (Wildman–Crippen LogP) is 3.46. The number of carbonyl (C=O) groups is 1. The maximum absolute atomic E-state index is 12.1. The highest BCUT2D eigenvalue weighted by molar-refractivity contribution is 5.73. The molecular formula is C17H25NO2. The third-order valence-corrected chi connectivity index (χ3v) is 4.12. The molecule has 3 nitrogen and oxygen atoms in total. The molecule has 3 atom stereocenters. The van der Waals surface area contributed by atoms with Gasteiger partial charge in [-0.1, -0.05) is 43.2 Å². The van der Waals surface area contributed by atoms with E-state index >= 15 is 0 Å². The maximum atomic E-state index is 12.1. The summed E-state index contributed by atoms with van der Waals surface area (Å²) in [6.45, 7) is 4.50. The number of hydrogen-bond acceptors (Lipinski definition) is 3. The molecule has 1 aliphatic rings. The van der Waals surface area contributed by atoms with E-state index in [1.54, 1.807) is 0 Å². The quantitative estimate of drug-likeness (QED) is 0.836. The zero-order chi connectivity index (χ0) is 14.4. The first-order valence-corrected chi connectivity index (χ1v) is 7.70. The van der Waals surface area contributed by atoms with E-state index in [1.807, 2.05) is 13.0 Å². The van der Waals surface area contributed by atoms with Crippen molar-refractivity contribution in [3.63, 3.8) is 0 Å². The molecule has 1 aromatic carbocycles. The fourth-order valence-electron chi connectivity index (χ4n) is 3.02. The summed E-state index contributed by atoms with van der Waals surface area (Å²) in [6.07, 6.45) is 4.31. The van der Waals surface area contributed by atoms with Crippen LogP contribution in [-0.4, -0.2) is 18.6 Å². The van der Waals surface area contributed by atoms with Gasteiger partial charge in [-0.05, 0) is 32.3 Å². The third kappa shape index (κ3) is 3.83. The van der Waals surface area contributed by atoms with Crippen molar-refractivity contribution >= 4 is 5.97 Å². The molecule has 3 heteroatoms. The van der Waals surface area contributed by atoms with Gasteiger partial charge in [0.1, 0.15) is 0 Å². The molecule has 1 aliphatic carbocycles. The Hall–Kier alpha value is -1.35. The second-order valence-electron chi connectivity index (χ2n) is 5.55. The number of ether oxygens (including phenoxy) is 1. The first kappa shape index (κ1) is 15.0. The van der Waals surface area contributed by atoms with E-state index < -0.39 is 0 Å². The van der Waals surface area contributed by atoms with Crippen LogP contribution in [0.4, 0.5) is 0 Å². The molecular weight excluding hydrogens is 250 g/mol. The second-order valence-corrected chi connectivity index (χ2v) is 5.55. The van der Waals surface area contributed by atoms with Gasteiger partial charge in [-0.3, -0.25) is 4.79 Å². The van der Waals surface area contributed by atoms with Crippen LogP contribution in [0.25, 0.3) is 0 Å². The average Bonchev–Trinajstić information content (AvgIpc) is 2.49. The van der Waals surface area contributed by atoms with E-state index in [0.29, 0.717) is 6.61 Å². The van der Waals surface area contributed by atoms with E-state index in [9.17, 15) is 4.79 Å². The zero-order valence-electron chi connectivity index (χ0n) is 12.5. The minimum absolute atomic E-state index is 0.00913. The van der Waals surface area contributed by atoms with Crippen LogP contribution in [0.2, 0.25) is 0 Å². The number of carbonyl (C=O) groups excluding carboxylic acids is 1. The summed E-state index contributed by atoms with van der Waals surface area (Å²) in [5, 5.41) is 3.62. The van der Waals surface area contributed by atoms with E-state index in [4.69, 9.17) is 4.74 Å². The van der Waals surface area contributed by atoms with Crippen LogP contribution in [0.5, 0.6) is 0 Å². The zero-order valence-corrected chi connectivity index (χ0v) is 12.5. The Balaban J connectivity index is 2.00. The summed E-state index contributed by atoms with van der Waals surface area (Å²) in [5.41, 5.74) is 1.26. The van der Waals surface area contributed by atoms with E-state index in [2.05, 4.69) is 36.5 Å². The Morgan fingerprint density at radius 3 is 2.70 bits per heavy atom. The van der Waals surface area contributed by atoms with Gasteiger partial charge in [0.2, 0.25) is 0 Å². The van der Waals surface area contributed by atoms with Gasteiger partial charge in [0.25, 0.3) is 0 Å². The number of nitrogens with one attached hydrogen (secondary N) is 1. The van der Waals surface area contributed by atoms with E-state index in [1.165, 1.54) is 12.0 Å². The first-order valence-electron chi connectivity index (χ1n) is 7.70. The summed E-state index contributed by atoms with van der Waals surface area (Å²) < 4.78 is 5.22. The van der Waals surface area contributed by atoms with Crippen molar-refractivity contribution in [3.05, 3.63) is 35.9 Å². The summed E-state index contributed by atoms with van der Waals surface area (Å²) >= 11 is 0. The van der Waals surface area contributed by atoms with Gasteiger partial charge in [-0.15, -0.1) is 0 Å². The summed E-state index contributed by atoms with van der Waals surface area (Å²) in [4.78, 5) is 12.1. The normalized spacial score (nSPS) is 24.1. The Morgan fingerprint density at radius 1 is 1.30 bits per heavy atom. The minimum Gasteiger partial charge on any atom is -0.466 e. The Labute approximate surface area is 121 Å². The lowest BCUT2D eigenvalue weighted by Gasteiger charge is -2.33. The van der Waals surface area contributed by atoms with E-state index in [0.717, 1.165) is 19.3 Å². The van der Waals surface area contributed by atoms with Crippen molar-refractivity contribution in [1.29, 1.82) is 0 Å². The molecule has 0 bridgehead atoms. The molecule has 0 spiro atoms. The van der Waals surface area contributed by atoms with Crippen molar-refractivity contribution in [1.82, 2.24) is 5.32 Å². The van der Waals surface area contributed by atoms with Gasteiger partial charge in [-0.25, -0.2) is 0 Å². The molecule has 0 amide bonds. The highest BCUT2D eigenvalue weighted by atomic mass is 16.5. The highest BCUT2D eigenvalue weighted by Crippen LogP contribution is 2.27. The van der Waals surface area contributed by atoms with Crippen molar-refractivity contribution in [2.24, 2.45) is 5.92 Å². The second kappa shape index (κ2) is 7.44. The largest absolute Gasteiger partial charge is 0.466 e. The molecule has 0 heterocycles. The fourth-order valence-corrected chi connectivity index (χ4v) is 3.02. The number of rotatable bonds is 5. The molecule has 1 fully saturated rings. The summed E-state index contributed by atoms with van der Waals surface area (Å²) in [5.74, 6) is -0.0279. The molecule has 0 aliphatic heterocycles. The third-order valence-electron chi connectivity index (χ3n) is 4.12. The number of esters is 1. The monoisotopic (exact) mass is 275 g/mol. The van der Waals surface area contributed by atoms with Crippen LogP contribution in [0, 0.1) is 5.92 Å². The standard InChI is InChI=1S/C17H25NO2/c1-3-20-17(19)15-11-7-8-12-16(15)18-13(2)14-9-5-4-6-10-14/h4-6,9-10,13,15-16,18H,3,7-8,11-12H2,1-2H3. The predicted molar refractivity (Wildman–Crippen MR) is 80.4 cm³/mol. The van der Waals surface area contributed by atoms with E-state index in [-0.39, 0.29) is 24.0 Å². The van der Waals surface area contributed by atoms with Crippen LogP contribution in [0.1, 0.15) is 51.1 Å². The van der Waals surface area contributed by atoms with Gasteiger partial charge in [0, 0.05) is 12.1 Å². The van der Waals surface area contributed by atoms with Gasteiger partial charge < -0.3 is 10.1 Å². The molecule has 20 heavy (non-hydrogen) atoms. The Kier molecular flexibility index (Phi) is 5.60. The summed E-state index contributed by atoms with van der Waals surface area (Å²) in [7, 11) is 0. The fraction of sp³-hybridized carbons (Fsp3) is 0.588. The van der Waals surface area contributed by atoms with Gasteiger partial charge in [0.05, 0.1) is 12.5 Å².